The van der Waals surface area contributed by atoms with E-state index in [2.05, 4.69) is 31.0 Å². The van der Waals surface area contributed by atoms with Crippen LogP contribution in [-0.2, 0) is 11.0 Å². The summed E-state index contributed by atoms with van der Waals surface area (Å²) in [6.45, 7) is 4.05. The molecule has 0 spiro atoms. The SMILES string of the molecule is CC(C)(C)S(=O)N[C@H](CNCC(O)c1cc(Cl)nc(Br)c1)C(F)(F)F. The maximum Gasteiger partial charge on any atom is 0.406 e. The van der Waals surface area contributed by atoms with Crippen molar-refractivity contribution in [1.82, 2.24) is 15.0 Å². The van der Waals surface area contributed by atoms with Gasteiger partial charge in [0, 0.05) is 13.1 Å². The zero-order chi connectivity index (χ0) is 19.4. The normalized spacial score (nSPS) is 16.5. The summed E-state index contributed by atoms with van der Waals surface area (Å²) in [5.41, 5.74) is 0.411. The molecule has 5 nitrogen and oxygen atoms in total. The number of pyridine rings is 1. The van der Waals surface area contributed by atoms with E-state index in [-0.39, 0.29) is 11.7 Å². The van der Waals surface area contributed by atoms with Crippen molar-refractivity contribution in [2.24, 2.45) is 0 Å². The fourth-order valence-electron chi connectivity index (χ4n) is 1.69. The van der Waals surface area contributed by atoms with Crippen molar-refractivity contribution in [3.05, 3.63) is 27.5 Å². The number of aliphatic hydroxyl groups excluding tert-OH is 1. The zero-order valence-electron chi connectivity index (χ0n) is 13.8. The predicted octanol–water partition coefficient (Wildman–Crippen LogP) is 3.10. The fraction of sp³-hybridized carbons (Fsp3) is 0.643. The molecule has 25 heavy (non-hydrogen) atoms. The quantitative estimate of drug-likeness (QED) is 0.540. The number of hydrogen-bond acceptors (Lipinski definition) is 4. The van der Waals surface area contributed by atoms with E-state index in [1.165, 1.54) is 12.1 Å². The molecule has 3 atom stereocenters. The first kappa shape index (κ1) is 22.8. The molecule has 0 amide bonds. The highest BCUT2D eigenvalue weighted by Crippen LogP contribution is 2.23. The average Bonchev–Trinajstić information content (AvgIpc) is 2.42. The lowest BCUT2D eigenvalue weighted by atomic mass is 10.1. The van der Waals surface area contributed by atoms with E-state index in [9.17, 15) is 22.5 Å². The molecule has 0 aliphatic rings. The Balaban J connectivity index is 2.66. The molecule has 0 saturated carbocycles. The van der Waals surface area contributed by atoms with Crippen LogP contribution in [0.15, 0.2) is 16.7 Å². The maximum absolute atomic E-state index is 13.1. The highest BCUT2D eigenvalue weighted by Gasteiger charge is 2.41. The summed E-state index contributed by atoms with van der Waals surface area (Å²) >= 11 is 8.90. The van der Waals surface area contributed by atoms with Gasteiger partial charge in [-0.15, -0.1) is 0 Å². The van der Waals surface area contributed by atoms with Gasteiger partial charge in [-0.3, -0.25) is 0 Å². The highest BCUT2D eigenvalue weighted by molar-refractivity contribution is 9.10. The minimum atomic E-state index is -4.58. The lowest BCUT2D eigenvalue weighted by Gasteiger charge is -2.26. The van der Waals surface area contributed by atoms with Crippen LogP contribution in [0, 0.1) is 0 Å². The van der Waals surface area contributed by atoms with E-state index in [0.717, 1.165) is 0 Å². The number of nitrogens with zero attached hydrogens (tertiary/aromatic N) is 1. The lowest BCUT2D eigenvalue weighted by Crippen LogP contribution is -2.52. The second kappa shape index (κ2) is 9.09. The number of halogens is 5. The molecule has 3 N–H and O–H groups in total. The number of aromatic nitrogens is 1. The van der Waals surface area contributed by atoms with Crippen LogP contribution in [-0.4, -0.2) is 44.4 Å². The summed E-state index contributed by atoms with van der Waals surface area (Å²) in [6, 6.07) is 0.937. The summed E-state index contributed by atoms with van der Waals surface area (Å²) in [5.74, 6) is 0. The van der Waals surface area contributed by atoms with Gasteiger partial charge in [0.2, 0.25) is 0 Å². The second-order valence-electron chi connectivity index (χ2n) is 6.31. The fourth-order valence-corrected chi connectivity index (χ4v) is 3.29. The lowest BCUT2D eigenvalue weighted by molar-refractivity contribution is -0.150. The van der Waals surface area contributed by atoms with Gasteiger partial charge in [-0.2, -0.15) is 13.2 Å². The summed E-state index contributed by atoms with van der Waals surface area (Å²) in [5, 5.41) is 12.8. The van der Waals surface area contributed by atoms with Crippen LogP contribution in [0.5, 0.6) is 0 Å². The van der Waals surface area contributed by atoms with Crippen molar-refractivity contribution in [2.75, 3.05) is 13.1 Å². The van der Waals surface area contributed by atoms with Crippen molar-refractivity contribution >= 4 is 38.5 Å². The first-order valence-corrected chi connectivity index (χ1v) is 9.59. The first-order chi connectivity index (χ1) is 11.3. The van der Waals surface area contributed by atoms with Gasteiger partial charge in [-0.25, -0.2) is 13.9 Å². The van der Waals surface area contributed by atoms with Crippen LogP contribution in [0.3, 0.4) is 0 Å². The van der Waals surface area contributed by atoms with E-state index in [4.69, 9.17) is 11.6 Å². The van der Waals surface area contributed by atoms with E-state index in [1.807, 2.05) is 0 Å². The molecule has 0 aliphatic heterocycles. The summed E-state index contributed by atoms with van der Waals surface area (Å²) in [7, 11) is -1.87. The van der Waals surface area contributed by atoms with E-state index < -0.39 is 40.6 Å². The van der Waals surface area contributed by atoms with Gasteiger partial charge in [0.25, 0.3) is 0 Å². The highest BCUT2D eigenvalue weighted by atomic mass is 79.9. The number of aliphatic hydroxyl groups is 1. The smallest absolute Gasteiger partial charge is 0.387 e. The van der Waals surface area contributed by atoms with Crippen LogP contribution < -0.4 is 10.0 Å². The molecule has 11 heteroatoms. The molecule has 0 aliphatic carbocycles. The van der Waals surface area contributed by atoms with Crippen LogP contribution in [0.25, 0.3) is 0 Å². The van der Waals surface area contributed by atoms with Crippen LogP contribution in [0.4, 0.5) is 13.2 Å². The maximum atomic E-state index is 13.1. The summed E-state index contributed by atoms with van der Waals surface area (Å²) < 4.78 is 52.9. The Morgan fingerprint density at radius 2 is 1.92 bits per heavy atom. The molecule has 0 aromatic carbocycles. The van der Waals surface area contributed by atoms with Crippen molar-refractivity contribution < 1.29 is 22.5 Å². The molecule has 0 saturated heterocycles. The standard InChI is InChI=1S/C14H20BrClF3N3O2S/c1-13(2,3)25(24)22-10(14(17,18)19)7-20-6-9(23)8-4-11(15)21-12(16)5-8/h4-5,9-10,20,22-23H,6-7H2,1-3H3/t9?,10-,25?/m1/s1. The molecular weight excluding hydrogens is 447 g/mol. The van der Waals surface area contributed by atoms with E-state index in [0.29, 0.717) is 10.2 Å². The Morgan fingerprint density at radius 3 is 2.40 bits per heavy atom. The van der Waals surface area contributed by atoms with Gasteiger partial charge in [-0.1, -0.05) is 11.6 Å². The monoisotopic (exact) mass is 465 g/mol. The number of hydrogen-bond donors (Lipinski definition) is 3. The molecule has 1 aromatic heterocycles. The van der Waals surface area contributed by atoms with Crippen LogP contribution in [0.1, 0.15) is 32.4 Å². The Morgan fingerprint density at radius 1 is 1.32 bits per heavy atom. The Hall–Kier alpha value is -0.260. The Labute approximate surface area is 160 Å². The molecule has 1 heterocycles. The van der Waals surface area contributed by atoms with Crippen molar-refractivity contribution in [3.8, 4) is 0 Å². The summed E-state index contributed by atoms with van der Waals surface area (Å²) in [4.78, 5) is 3.87. The average molecular weight is 467 g/mol. The number of nitrogens with one attached hydrogen (secondary N) is 2. The number of rotatable bonds is 7. The minimum Gasteiger partial charge on any atom is -0.387 e. The summed E-state index contributed by atoms with van der Waals surface area (Å²) in [6.07, 6.45) is -5.65. The van der Waals surface area contributed by atoms with Gasteiger partial charge in [0.1, 0.15) is 15.8 Å². The minimum absolute atomic E-state index is 0.136. The molecule has 2 unspecified atom stereocenters. The van der Waals surface area contributed by atoms with E-state index in [1.54, 1.807) is 20.8 Å². The van der Waals surface area contributed by atoms with Gasteiger partial charge in [0.15, 0.2) is 0 Å². The molecule has 1 rings (SSSR count). The van der Waals surface area contributed by atoms with E-state index >= 15 is 0 Å². The predicted molar refractivity (Wildman–Crippen MR) is 95.7 cm³/mol. The first-order valence-electron chi connectivity index (χ1n) is 7.27. The van der Waals surface area contributed by atoms with Crippen LogP contribution in [0.2, 0.25) is 5.15 Å². The molecule has 0 radical (unpaired) electrons. The molecule has 144 valence electrons. The van der Waals surface area contributed by atoms with Crippen molar-refractivity contribution in [2.45, 2.75) is 43.8 Å². The number of alkyl halides is 3. The Bertz CT molecular complexity index is 594. The molecule has 1 aromatic rings. The van der Waals surface area contributed by atoms with Gasteiger partial charge >= 0.3 is 6.18 Å². The molecule has 0 bridgehead atoms. The second-order valence-corrected chi connectivity index (χ2v) is 9.51. The third-order valence-corrected chi connectivity index (χ3v) is 5.27. The van der Waals surface area contributed by atoms with Crippen molar-refractivity contribution in [3.63, 3.8) is 0 Å². The topological polar surface area (TPSA) is 74.2 Å². The molecule has 0 fully saturated rings. The third kappa shape index (κ3) is 7.88. The molecular formula is C14H20BrClF3N3O2S. The Kier molecular flexibility index (Phi) is 8.29. The zero-order valence-corrected chi connectivity index (χ0v) is 17.0. The largest absolute Gasteiger partial charge is 0.406 e. The van der Waals surface area contributed by atoms with Crippen LogP contribution >= 0.6 is 27.5 Å². The van der Waals surface area contributed by atoms with Crippen molar-refractivity contribution in [1.29, 1.82) is 0 Å². The van der Waals surface area contributed by atoms with Gasteiger partial charge < -0.3 is 10.4 Å². The third-order valence-electron chi connectivity index (χ3n) is 3.06. The van der Waals surface area contributed by atoms with Gasteiger partial charge in [-0.05, 0) is 54.4 Å². The van der Waals surface area contributed by atoms with Gasteiger partial charge in [0.05, 0.1) is 21.8 Å².